The third-order valence-electron chi connectivity index (χ3n) is 2.46. The Labute approximate surface area is 115 Å². The number of nitrogens with one attached hydrogen (secondary N) is 1. The van der Waals surface area contributed by atoms with Gasteiger partial charge in [0.1, 0.15) is 0 Å². The number of anilines is 1. The molecule has 5 heteroatoms. The molecule has 0 aliphatic carbocycles. The fourth-order valence-corrected chi connectivity index (χ4v) is 1.57. The largest absolute Gasteiger partial charge is 0.324 e. The lowest BCUT2D eigenvalue weighted by molar-refractivity contribution is 0.208. The summed E-state index contributed by atoms with van der Waals surface area (Å²) in [5, 5.41) is 11.4. The number of urea groups is 1. The van der Waals surface area contributed by atoms with Gasteiger partial charge in [0.25, 0.3) is 0 Å². The van der Waals surface area contributed by atoms with E-state index >= 15 is 0 Å². The van der Waals surface area contributed by atoms with E-state index in [2.05, 4.69) is 34.0 Å². The molecule has 0 radical (unpaired) electrons. The summed E-state index contributed by atoms with van der Waals surface area (Å²) in [5.74, 6) is 0. The maximum Gasteiger partial charge on any atom is 0.321 e. The smallest absolute Gasteiger partial charge is 0.321 e. The molecule has 90 valence electrons. The Morgan fingerprint density at radius 1 is 1.53 bits per heavy atom. The maximum atomic E-state index is 11.8. The van der Waals surface area contributed by atoms with Crippen molar-refractivity contribution in [1.29, 1.82) is 5.26 Å². The van der Waals surface area contributed by atoms with E-state index < -0.39 is 0 Å². The van der Waals surface area contributed by atoms with Crippen molar-refractivity contribution in [3.63, 3.8) is 0 Å². The minimum absolute atomic E-state index is 0.0937. The van der Waals surface area contributed by atoms with Gasteiger partial charge in [-0.1, -0.05) is 0 Å². The van der Waals surface area contributed by atoms with Crippen molar-refractivity contribution in [2.45, 2.75) is 19.4 Å². The molecule has 1 N–H and O–H groups in total. The highest BCUT2D eigenvalue weighted by Crippen LogP contribution is 2.12. The van der Waals surface area contributed by atoms with Crippen molar-refractivity contribution >= 4 is 34.3 Å². The Bertz CT molecular complexity index is 424. The SMILES string of the molecule is CC(CC#N)N(C)C(=O)Nc1ccc(I)cc1. The van der Waals surface area contributed by atoms with Crippen LogP contribution in [-0.2, 0) is 0 Å². The van der Waals surface area contributed by atoms with Crippen LogP contribution in [0.4, 0.5) is 10.5 Å². The molecule has 1 rings (SSSR count). The number of carbonyl (C=O) groups excluding carboxylic acids is 1. The molecule has 0 spiro atoms. The van der Waals surface area contributed by atoms with Gasteiger partial charge in [-0.25, -0.2) is 4.79 Å². The summed E-state index contributed by atoms with van der Waals surface area (Å²) in [6, 6.07) is 9.31. The van der Waals surface area contributed by atoms with Crippen molar-refractivity contribution in [2.75, 3.05) is 12.4 Å². The third-order valence-corrected chi connectivity index (χ3v) is 3.18. The van der Waals surface area contributed by atoms with Crippen molar-refractivity contribution in [3.8, 4) is 6.07 Å². The first kappa shape index (κ1) is 13.8. The number of benzene rings is 1. The molecule has 17 heavy (non-hydrogen) atoms. The topological polar surface area (TPSA) is 56.1 Å². The fraction of sp³-hybridized carbons (Fsp3) is 0.333. The minimum Gasteiger partial charge on any atom is -0.324 e. The normalized spacial score (nSPS) is 11.4. The predicted octanol–water partition coefficient (Wildman–Crippen LogP) is 3.06. The Balaban J connectivity index is 2.60. The second-order valence-corrected chi connectivity index (χ2v) is 5.00. The number of hydrogen-bond acceptors (Lipinski definition) is 2. The number of nitriles is 1. The predicted molar refractivity (Wildman–Crippen MR) is 75.6 cm³/mol. The fourth-order valence-electron chi connectivity index (χ4n) is 1.21. The first-order valence-corrected chi connectivity index (χ1v) is 6.29. The quantitative estimate of drug-likeness (QED) is 0.858. The molecular weight excluding hydrogens is 329 g/mol. The number of hydrogen-bond donors (Lipinski definition) is 1. The van der Waals surface area contributed by atoms with Crippen LogP contribution in [0.15, 0.2) is 24.3 Å². The van der Waals surface area contributed by atoms with E-state index in [1.807, 2.05) is 31.2 Å². The third kappa shape index (κ3) is 4.23. The summed E-state index contributed by atoms with van der Waals surface area (Å²) in [6.07, 6.45) is 0.330. The summed E-state index contributed by atoms with van der Waals surface area (Å²) < 4.78 is 1.12. The van der Waals surface area contributed by atoms with Gasteiger partial charge in [-0.2, -0.15) is 5.26 Å². The number of nitrogens with zero attached hydrogens (tertiary/aromatic N) is 2. The lowest BCUT2D eigenvalue weighted by atomic mass is 10.2. The zero-order valence-electron chi connectivity index (χ0n) is 9.77. The first-order valence-electron chi connectivity index (χ1n) is 5.21. The van der Waals surface area contributed by atoms with Gasteiger partial charge in [-0.3, -0.25) is 0 Å². The van der Waals surface area contributed by atoms with Gasteiger partial charge >= 0.3 is 6.03 Å². The van der Waals surface area contributed by atoms with E-state index in [-0.39, 0.29) is 12.1 Å². The molecule has 0 aliphatic rings. The van der Waals surface area contributed by atoms with Crippen LogP contribution >= 0.6 is 22.6 Å². The zero-order valence-corrected chi connectivity index (χ0v) is 11.9. The zero-order chi connectivity index (χ0) is 12.8. The van der Waals surface area contributed by atoms with Crippen molar-refractivity contribution in [2.24, 2.45) is 0 Å². The van der Waals surface area contributed by atoms with Crippen molar-refractivity contribution in [1.82, 2.24) is 4.90 Å². The highest BCUT2D eigenvalue weighted by molar-refractivity contribution is 14.1. The van der Waals surface area contributed by atoms with Gasteiger partial charge in [0.2, 0.25) is 0 Å². The summed E-state index contributed by atoms with van der Waals surface area (Å²) in [4.78, 5) is 13.3. The van der Waals surface area contributed by atoms with Crippen LogP contribution in [0.3, 0.4) is 0 Å². The lowest BCUT2D eigenvalue weighted by Crippen LogP contribution is -2.38. The van der Waals surface area contributed by atoms with E-state index in [9.17, 15) is 4.79 Å². The minimum atomic E-state index is -0.200. The Morgan fingerprint density at radius 3 is 2.65 bits per heavy atom. The molecule has 4 nitrogen and oxygen atoms in total. The van der Waals surface area contributed by atoms with E-state index in [0.29, 0.717) is 6.42 Å². The van der Waals surface area contributed by atoms with Gasteiger partial charge in [-0.15, -0.1) is 0 Å². The summed E-state index contributed by atoms with van der Waals surface area (Å²) in [7, 11) is 1.68. The molecule has 2 amide bonds. The highest BCUT2D eigenvalue weighted by atomic mass is 127. The number of halogens is 1. The van der Waals surface area contributed by atoms with Crippen LogP contribution in [-0.4, -0.2) is 24.0 Å². The summed E-state index contributed by atoms with van der Waals surface area (Å²) >= 11 is 2.21. The van der Waals surface area contributed by atoms with Crippen molar-refractivity contribution in [3.05, 3.63) is 27.8 Å². The lowest BCUT2D eigenvalue weighted by Gasteiger charge is -2.23. The molecule has 0 saturated carbocycles. The number of amides is 2. The molecule has 1 unspecified atom stereocenters. The number of rotatable bonds is 3. The summed E-state index contributed by atoms with van der Waals surface area (Å²) in [5.41, 5.74) is 0.756. The van der Waals surface area contributed by atoms with E-state index in [4.69, 9.17) is 5.26 Å². The Morgan fingerprint density at radius 2 is 2.12 bits per heavy atom. The van der Waals surface area contributed by atoms with Gasteiger partial charge in [0, 0.05) is 22.3 Å². The molecule has 1 aromatic rings. The molecule has 0 fully saturated rings. The average molecular weight is 343 g/mol. The molecular formula is C12H14IN3O. The Hall–Kier alpha value is -1.29. The van der Waals surface area contributed by atoms with Gasteiger partial charge in [0.15, 0.2) is 0 Å². The average Bonchev–Trinajstić information content (AvgIpc) is 2.31. The van der Waals surface area contributed by atoms with Crippen LogP contribution in [0, 0.1) is 14.9 Å². The second kappa shape index (κ2) is 6.45. The molecule has 0 bridgehead atoms. The molecule has 1 atom stereocenters. The van der Waals surface area contributed by atoms with Crippen LogP contribution in [0.25, 0.3) is 0 Å². The van der Waals surface area contributed by atoms with E-state index in [0.717, 1.165) is 9.26 Å². The van der Waals surface area contributed by atoms with Crippen molar-refractivity contribution < 1.29 is 4.79 Å². The highest BCUT2D eigenvalue weighted by Gasteiger charge is 2.15. The summed E-state index contributed by atoms with van der Waals surface area (Å²) in [6.45, 7) is 1.84. The van der Waals surface area contributed by atoms with Crippen LogP contribution in [0.2, 0.25) is 0 Å². The van der Waals surface area contributed by atoms with E-state index in [1.165, 1.54) is 4.90 Å². The van der Waals surface area contributed by atoms with E-state index in [1.54, 1.807) is 7.05 Å². The Kier molecular flexibility index (Phi) is 5.22. The first-order chi connectivity index (χ1) is 8.04. The molecule has 1 aromatic carbocycles. The standard InChI is InChI=1S/C12H14IN3O/c1-9(7-8-14)16(2)12(17)15-11-5-3-10(13)4-6-11/h3-6,9H,7H2,1-2H3,(H,15,17). The molecule has 0 aliphatic heterocycles. The van der Waals surface area contributed by atoms with Crippen LogP contribution < -0.4 is 5.32 Å². The van der Waals surface area contributed by atoms with Gasteiger partial charge < -0.3 is 10.2 Å². The maximum absolute atomic E-state index is 11.8. The van der Waals surface area contributed by atoms with Gasteiger partial charge in [-0.05, 0) is 53.8 Å². The molecule has 0 saturated heterocycles. The van der Waals surface area contributed by atoms with Crippen LogP contribution in [0.1, 0.15) is 13.3 Å². The van der Waals surface area contributed by atoms with Gasteiger partial charge in [0.05, 0.1) is 12.5 Å². The monoisotopic (exact) mass is 343 g/mol. The molecule has 0 aromatic heterocycles. The molecule has 0 heterocycles. The second-order valence-electron chi connectivity index (χ2n) is 3.76. The van der Waals surface area contributed by atoms with Crippen LogP contribution in [0.5, 0.6) is 0 Å². The number of carbonyl (C=O) groups is 1.